The summed E-state index contributed by atoms with van der Waals surface area (Å²) in [4.78, 5) is 3.81. The van der Waals surface area contributed by atoms with Gasteiger partial charge in [0, 0.05) is 127 Å². The summed E-state index contributed by atoms with van der Waals surface area (Å²) < 4.78 is 169. The maximum atomic E-state index is 11.9. The SMILES string of the molecule is CCCOP(=O)(OC)OC.CCOP(=O)(OC)OC.COP(=O)(N=C1N(C)CCN1C)OC.COP(=O)(OC)C1CCCCC1.COP(=O)(OC)OC(C)C.COP(=O)(OC)OC1CCCCC1.COP(=O)(OC)c1ccccc1. The molecule has 1 aromatic rings. The molecule has 1 aliphatic heterocycles. The van der Waals surface area contributed by atoms with Crippen LogP contribution in [-0.4, -0.2) is 174 Å². The first-order valence-corrected chi connectivity index (χ1v) is 35.8. The van der Waals surface area contributed by atoms with E-state index in [1.165, 1.54) is 112 Å². The minimum absolute atomic E-state index is 0.0412. The van der Waals surface area contributed by atoms with E-state index in [-0.39, 0.29) is 17.9 Å². The van der Waals surface area contributed by atoms with Crippen LogP contribution in [0.4, 0.5) is 0 Å². The first-order valence-electron chi connectivity index (χ1n) is 25.3. The van der Waals surface area contributed by atoms with E-state index in [0.717, 1.165) is 70.9 Å². The van der Waals surface area contributed by atoms with E-state index in [9.17, 15) is 32.0 Å². The van der Waals surface area contributed by atoms with Gasteiger partial charge in [-0.2, -0.15) is 0 Å². The lowest BCUT2D eigenvalue weighted by Gasteiger charge is -2.27. The number of guanidine groups is 1. The van der Waals surface area contributed by atoms with Crippen LogP contribution in [0, 0.1) is 0 Å². The smallest absolute Gasteiger partial charge is 0.344 e. The van der Waals surface area contributed by atoms with Gasteiger partial charge in [-0.3, -0.25) is 72.5 Å². The fourth-order valence-electron chi connectivity index (χ4n) is 6.53. The molecule has 28 nitrogen and oxygen atoms in total. The standard InChI is InChI=1S/C8H17O4P.C8H17O3P.C8H11O3P.C7H16N3O3P.2C5H13O4P.C4H11O4P/c1-10-13(9,11-2)12-8-6-4-3-5-7-8;2*1-10-12(9,11-2)8-6-4-3-5-7-8;1-9-5-6-10(2)7(9)8-14(11,12-3)13-4;1-5(2)9-10(6,7-3)8-4;1-4-5-9-10(6,7-2)8-3;1-4-8-9(5,6-2)7-3/h8H,3-7H2,1-2H3;8H,3-7H2,1-2H3;3-7H,1-2H3;5-6H2,1-4H3;5H,1-4H3;4-5H2,1-3H3;4H2,1-3H3. The van der Waals surface area contributed by atoms with Crippen LogP contribution in [0.1, 0.15) is 98.3 Å². The number of hydrogen-bond donors (Lipinski definition) is 0. The van der Waals surface area contributed by atoms with Gasteiger partial charge in [-0.1, -0.05) is 63.6 Å². The molecule has 4 rings (SSSR count). The van der Waals surface area contributed by atoms with Crippen molar-refractivity contribution in [1.82, 2.24) is 9.80 Å². The van der Waals surface area contributed by atoms with E-state index in [0.29, 0.717) is 24.5 Å². The second-order valence-electron chi connectivity index (χ2n) is 16.5. The van der Waals surface area contributed by atoms with Gasteiger partial charge in [-0.05, 0) is 65.0 Å². The summed E-state index contributed by atoms with van der Waals surface area (Å²) in [5, 5.41) is 0.579. The van der Waals surface area contributed by atoms with Crippen molar-refractivity contribution < 1.29 is 113 Å². The van der Waals surface area contributed by atoms with Gasteiger partial charge in [-0.25, -0.2) is 22.8 Å². The number of hydrogen-bond acceptors (Lipinski definition) is 25. The topological polar surface area (TPSA) is 304 Å². The Bertz CT molecular complexity index is 2040. The van der Waals surface area contributed by atoms with Crippen molar-refractivity contribution in [3.05, 3.63) is 30.3 Å². The third-order valence-electron chi connectivity index (χ3n) is 10.9. The quantitative estimate of drug-likeness (QED) is 0.0778. The highest BCUT2D eigenvalue weighted by atomic mass is 31.2. The van der Waals surface area contributed by atoms with Crippen LogP contribution < -0.4 is 5.30 Å². The molecule has 478 valence electrons. The Morgan fingerprint density at radius 3 is 1.21 bits per heavy atom. The summed E-state index contributed by atoms with van der Waals surface area (Å²) in [7, 11) is 0.538. The largest absolute Gasteiger partial charge is 0.474 e. The monoisotopic (exact) mass is 1300 g/mol. The van der Waals surface area contributed by atoms with Gasteiger partial charge in [0.15, 0.2) is 0 Å². The number of likely N-dealkylation sites (N-methyl/N-ethyl adjacent to an activating group) is 2. The third kappa shape index (κ3) is 34.5. The maximum Gasteiger partial charge on any atom is 0.474 e. The second-order valence-corrected chi connectivity index (χ2v) is 30.6. The minimum Gasteiger partial charge on any atom is -0.344 e. The van der Waals surface area contributed by atoms with Crippen molar-refractivity contribution in [3.8, 4) is 0 Å². The maximum absolute atomic E-state index is 11.9. The molecule has 2 saturated carbocycles. The van der Waals surface area contributed by atoms with Crippen molar-refractivity contribution in [2.75, 3.05) is 140 Å². The molecule has 0 atom stereocenters. The summed E-state index contributed by atoms with van der Waals surface area (Å²) in [5.41, 5.74) is 0.140. The van der Waals surface area contributed by atoms with E-state index in [1.54, 1.807) is 45.0 Å². The highest BCUT2D eigenvalue weighted by Gasteiger charge is 2.35. The van der Waals surface area contributed by atoms with E-state index >= 15 is 0 Å². The molecular weight excluding hydrogens is 1200 g/mol. The zero-order valence-corrected chi connectivity index (χ0v) is 57.2. The van der Waals surface area contributed by atoms with Gasteiger partial charge in [0.1, 0.15) is 0 Å². The van der Waals surface area contributed by atoms with Gasteiger partial charge < -0.3 is 27.9 Å². The summed E-state index contributed by atoms with van der Waals surface area (Å²) in [5.74, 6) is 0.636. The van der Waals surface area contributed by atoms with E-state index in [4.69, 9.17) is 49.8 Å². The minimum atomic E-state index is -3.30. The summed E-state index contributed by atoms with van der Waals surface area (Å²) in [6.45, 7) is 9.57. The molecule has 1 aromatic carbocycles. The molecule has 3 fully saturated rings. The van der Waals surface area contributed by atoms with Crippen LogP contribution in [-0.2, 0) is 113 Å². The highest BCUT2D eigenvalue weighted by Crippen LogP contribution is 2.56. The normalized spacial score (nSPS) is 15.7. The predicted molar refractivity (Wildman–Crippen MR) is 309 cm³/mol. The molecule has 0 N–H and O–H groups in total. The molecule has 3 aliphatic rings. The first kappa shape index (κ1) is 83.6. The molecule has 0 spiro atoms. The molecule has 0 aromatic heterocycles. The fourth-order valence-corrected chi connectivity index (χ4v) is 13.4. The van der Waals surface area contributed by atoms with Crippen molar-refractivity contribution in [1.29, 1.82) is 0 Å². The van der Waals surface area contributed by atoms with Crippen molar-refractivity contribution >= 4 is 65.5 Å². The number of benzene rings is 1. The molecule has 0 unspecified atom stereocenters. The Hall–Kier alpha value is -0.620. The Morgan fingerprint density at radius 2 is 0.900 bits per heavy atom. The van der Waals surface area contributed by atoms with Crippen LogP contribution in [0.3, 0.4) is 0 Å². The summed E-state index contributed by atoms with van der Waals surface area (Å²) >= 11 is 0. The van der Waals surface area contributed by atoms with Crippen LogP contribution in [0.5, 0.6) is 0 Å². The predicted octanol–water partition coefficient (Wildman–Crippen LogP) is 13.0. The Morgan fingerprint density at radius 1 is 0.500 bits per heavy atom. The van der Waals surface area contributed by atoms with Crippen LogP contribution in [0.25, 0.3) is 0 Å². The molecule has 1 heterocycles. The van der Waals surface area contributed by atoms with Crippen molar-refractivity contribution in [3.63, 3.8) is 0 Å². The zero-order valence-electron chi connectivity index (χ0n) is 50.9. The van der Waals surface area contributed by atoms with Crippen molar-refractivity contribution in [2.24, 2.45) is 4.76 Å². The molecule has 80 heavy (non-hydrogen) atoms. The van der Waals surface area contributed by atoms with E-state index in [1.807, 2.05) is 36.9 Å². The summed E-state index contributed by atoms with van der Waals surface area (Å²) in [6.07, 6.45) is 11.6. The van der Waals surface area contributed by atoms with Gasteiger partial charge in [0.2, 0.25) is 5.96 Å². The Balaban J connectivity index is -0.000000869. The number of nitrogens with zero attached hydrogens (tertiary/aromatic N) is 3. The van der Waals surface area contributed by atoms with Crippen LogP contribution in [0.15, 0.2) is 35.1 Å². The first-order chi connectivity index (χ1) is 37.6. The van der Waals surface area contributed by atoms with Crippen molar-refractivity contribution in [2.45, 2.75) is 116 Å². The van der Waals surface area contributed by atoms with E-state index in [2.05, 4.69) is 36.4 Å². The lowest BCUT2D eigenvalue weighted by atomic mass is 9.98. The van der Waals surface area contributed by atoms with Gasteiger partial charge in [0.05, 0.1) is 36.4 Å². The number of rotatable bonds is 26. The molecule has 2 aliphatic carbocycles. The third-order valence-corrected chi connectivity index (χ3v) is 22.5. The fraction of sp³-hybridized carbons (Fsp3) is 0.844. The average molecular weight is 1300 g/mol. The molecule has 0 amide bonds. The second kappa shape index (κ2) is 45.7. The van der Waals surface area contributed by atoms with Gasteiger partial charge in [-0.15, -0.1) is 4.76 Å². The molecule has 0 bridgehead atoms. The molecular formula is C45H98N3O25P7. The van der Waals surface area contributed by atoms with Gasteiger partial charge in [0.25, 0.3) is 0 Å². The van der Waals surface area contributed by atoms with E-state index < -0.39 is 54.2 Å². The Kier molecular flexibility index (Phi) is 47.7. The number of phosphoric acid groups is 4. The lowest BCUT2D eigenvalue weighted by molar-refractivity contribution is 0.0828. The Labute approximate surface area is 478 Å². The zero-order chi connectivity index (χ0) is 62.1. The molecule has 0 radical (unpaired) electrons. The van der Waals surface area contributed by atoms with Crippen LogP contribution >= 0.6 is 54.2 Å². The number of phosphoric ester groups is 4. The lowest BCUT2D eigenvalue weighted by Crippen LogP contribution is -2.28. The molecule has 1 saturated heterocycles. The average Bonchev–Trinajstić information content (AvgIpc) is 3.81. The summed E-state index contributed by atoms with van der Waals surface area (Å²) in [6, 6.07) is 8.86. The van der Waals surface area contributed by atoms with Crippen LogP contribution in [0.2, 0.25) is 0 Å². The van der Waals surface area contributed by atoms with Gasteiger partial charge >= 0.3 is 54.2 Å². The molecule has 35 heteroatoms. The highest BCUT2D eigenvalue weighted by molar-refractivity contribution is 7.62.